The Morgan fingerprint density at radius 1 is 0.906 bits per heavy atom. The second kappa shape index (κ2) is 8.69. The molecule has 32 heavy (non-hydrogen) atoms. The molecule has 0 saturated heterocycles. The third-order valence-electron chi connectivity index (χ3n) is 5.01. The predicted molar refractivity (Wildman–Crippen MR) is 120 cm³/mol. The summed E-state index contributed by atoms with van der Waals surface area (Å²) in [5.41, 5.74) is 5.01. The molecule has 0 aliphatic carbocycles. The number of nitrogens with one attached hydrogen (secondary N) is 1. The van der Waals surface area contributed by atoms with Crippen LogP contribution in [0.25, 0.3) is 28.2 Å². The van der Waals surface area contributed by atoms with Crippen LogP contribution in [0.1, 0.15) is 16.1 Å². The second-order valence-electron chi connectivity index (χ2n) is 7.14. The number of aromatic nitrogens is 4. The number of rotatable bonds is 6. The fourth-order valence-corrected chi connectivity index (χ4v) is 3.39. The molecule has 1 amide bonds. The standard InChI is InChI=1S/C25H19N5O2/c31-25(23-15-22(29-32-23)18-7-3-1-4-8-18)27-16-20-17-30(21-9-5-2-6-10-21)28-24(20)19-11-13-26-14-12-19/h1-15,17H,16H2,(H,27,31). The first-order valence-electron chi connectivity index (χ1n) is 10.1. The van der Waals surface area contributed by atoms with Gasteiger partial charge in [0, 0.05) is 47.9 Å². The molecule has 1 N–H and O–H groups in total. The molecule has 0 atom stereocenters. The highest BCUT2D eigenvalue weighted by atomic mass is 16.5. The van der Waals surface area contributed by atoms with Crippen molar-refractivity contribution in [3.05, 3.63) is 109 Å². The lowest BCUT2D eigenvalue weighted by molar-refractivity contribution is 0.0914. The number of hydrogen-bond acceptors (Lipinski definition) is 5. The summed E-state index contributed by atoms with van der Waals surface area (Å²) in [5, 5.41) is 11.7. The number of nitrogens with zero attached hydrogens (tertiary/aromatic N) is 4. The van der Waals surface area contributed by atoms with E-state index in [-0.39, 0.29) is 18.2 Å². The van der Waals surface area contributed by atoms with Gasteiger partial charge < -0.3 is 9.84 Å². The predicted octanol–water partition coefficient (Wildman–Crippen LogP) is 4.52. The van der Waals surface area contributed by atoms with Gasteiger partial charge in [0.2, 0.25) is 5.76 Å². The minimum Gasteiger partial charge on any atom is -0.350 e. The van der Waals surface area contributed by atoms with Gasteiger partial charge in [0.05, 0.1) is 11.4 Å². The number of pyridine rings is 1. The van der Waals surface area contributed by atoms with E-state index in [1.54, 1.807) is 23.1 Å². The van der Waals surface area contributed by atoms with Crippen molar-refractivity contribution in [2.45, 2.75) is 6.54 Å². The van der Waals surface area contributed by atoms with E-state index in [0.717, 1.165) is 28.1 Å². The molecule has 3 heterocycles. The first-order valence-corrected chi connectivity index (χ1v) is 10.1. The highest BCUT2D eigenvalue weighted by molar-refractivity contribution is 5.92. The maximum absolute atomic E-state index is 12.7. The SMILES string of the molecule is O=C(NCc1cn(-c2ccccc2)nc1-c1ccncc1)c1cc(-c2ccccc2)no1. The molecule has 2 aromatic carbocycles. The van der Waals surface area contributed by atoms with Crippen LogP contribution in [0.15, 0.2) is 102 Å². The van der Waals surface area contributed by atoms with Crippen LogP contribution >= 0.6 is 0 Å². The van der Waals surface area contributed by atoms with Gasteiger partial charge in [0.25, 0.3) is 5.91 Å². The summed E-state index contributed by atoms with van der Waals surface area (Å²) in [4.78, 5) is 16.8. The van der Waals surface area contributed by atoms with E-state index in [1.807, 2.05) is 79.0 Å². The molecule has 5 rings (SSSR count). The van der Waals surface area contributed by atoms with Crippen molar-refractivity contribution in [1.82, 2.24) is 25.2 Å². The molecule has 0 saturated carbocycles. The molecule has 0 unspecified atom stereocenters. The van der Waals surface area contributed by atoms with Crippen LogP contribution in [0.4, 0.5) is 0 Å². The van der Waals surface area contributed by atoms with E-state index < -0.39 is 0 Å². The molecular formula is C25H19N5O2. The number of benzene rings is 2. The fourth-order valence-electron chi connectivity index (χ4n) is 3.39. The Labute approximate surface area is 184 Å². The topological polar surface area (TPSA) is 85.8 Å². The molecule has 0 bridgehead atoms. The van der Waals surface area contributed by atoms with Gasteiger partial charge in [-0.25, -0.2) is 4.68 Å². The largest absolute Gasteiger partial charge is 0.350 e. The number of para-hydroxylation sites is 1. The molecule has 0 spiro atoms. The van der Waals surface area contributed by atoms with Gasteiger partial charge >= 0.3 is 0 Å². The third-order valence-corrected chi connectivity index (χ3v) is 5.01. The Hall–Kier alpha value is -4.52. The zero-order valence-electron chi connectivity index (χ0n) is 17.1. The van der Waals surface area contributed by atoms with E-state index in [2.05, 4.69) is 15.5 Å². The lowest BCUT2D eigenvalue weighted by atomic mass is 10.1. The minimum atomic E-state index is -0.340. The molecule has 3 aromatic heterocycles. The number of hydrogen-bond donors (Lipinski definition) is 1. The van der Waals surface area contributed by atoms with Crippen molar-refractivity contribution in [3.8, 4) is 28.2 Å². The summed E-state index contributed by atoms with van der Waals surface area (Å²) in [6, 6.07) is 24.8. The van der Waals surface area contributed by atoms with Crippen molar-refractivity contribution in [1.29, 1.82) is 0 Å². The molecular weight excluding hydrogens is 402 g/mol. The van der Waals surface area contributed by atoms with Gasteiger partial charge in [-0.15, -0.1) is 0 Å². The van der Waals surface area contributed by atoms with Crippen LogP contribution in [0.3, 0.4) is 0 Å². The highest BCUT2D eigenvalue weighted by Crippen LogP contribution is 2.24. The molecule has 0 aliphatic rings. The maximum atomic E-state index is 12.7. The zero-order chi connectivity index (χ0) is 21.8. The van der Waals surface area contributed by atoms with Crippen molar-refractivity contribution < 1.29 is 9.32 Å². The van der Waals surface area contributed by atoms with Crippen molar-refractivity contribution >= 4 is 5.91 Å². The van der Waals surface area contributed by atoms with E-state index in [1.165, 1.54) is 0 Å². The molecule has 0 fully saturated rings. The molecule has 0 aliphatic heterocycles. The van der Waals surface area contributed by atoms with Gasteiger partial charge in [0.1, 0.15) is 5.69 Å². The quantitative estimate of drug-likeness (QED) is 0.436. The highest BCUT2D eigenvalue weighted by Gasteiger charge is 2.17. The summed E-state index contributed by atoms with van der Waals surface area (Å²) >= 11 is 0. The van der Waals surface area contributed by atoms with Crippen LogP contribution in [-0.4, -0.2) is 25.8 Å². The molecule has 7 heteroatoms. The summed E-state index contributed by atoms with van der Waals surface area (Å²) in [7, 11) is 0. The molecule has 0 radical (unpaired) electrons. The lowest BCUT2D eigenvalue weighted by Gasteiger charge is -2.03. The number of amides is 1. The van der Waals surface area contributed by atoms with Crippen LogP contribution < -0.4 is 5.32 Å². The lowest BCUT2D eigenvalue weighted by Crippen LogP contribution is -2.22. The van der Waals surface area contributed by atoms with Crippen LogP contribution in [0, 0.1) is 0 Å². The second-order valence-corrected chi connectivity index (χ2v) is 7.14. The molecule has 5 aromatic rings. The Kier molecular flexibility index (Phi) is 5.28. The summed E-state index contributed by atoms with van der Waals surface area (Å²) in [6.45, 7) is 0.282. The van der Waals surface area contributed by atoms with Gasteiger partial charge in [0.15, 0.2) is 0 Å². The average molecular weight is 421 g/mol. The summed E-state index contributed by atoms with van der Waals surface area (Å²) < 4.78 is 7.07. The van der Waals surface area contributed by atoms with Crippen molar-refractivity contribution in [2.75, 3.05) is 0 Å². The van der Waals surface area contributed by atoms with Crippen LogP contribution in [0.2, 0.25) is 0 Å². The van der Waals surface area contributed by atoms with Gasteiger partial charge in [-0.3, -0.25) is 9.78 Å². The zero-order valence-corrected chi connectivity index (χ0v) is 17.1. The average Bonchev–Trinajstić information content (AvgIpc) is 3.52. The molecule has 156 valence electrons. The van der Waals surface area contributed by atoms with E-state index in [4.69, 9.17) is 9.62 Å². The number of carbonyl (C=O) groups excluding carboxylic acids is 1. The van der Waals surface area contributed by atoms with E-state index in [0.29, 0.717) is 5.69 Å². The van der Waals surface area contributed by atoms with Crippen molar-refractivity contribution in [2.24, 2.45) is 0 Å². The molecule has 7 nitrogen and oxygen atoms in total. The monoisotopic (exact) mass is 421 g/mol. The Morgan fingerprint density at radius 2 is 1.62 bits per heavy atom. The van der Waals surface area contributed by atoms with Gasteiger partial charge in [-0.2, -0.15) is 5.10 Å². The maximum Gasteiger partial charge on any atom is 0.290 e. The van der Waals surface area contributed by atoms with Gasteiger partial charge in [-0.05, 0) is 24.3 Å². The smallest absolute Gasteiger partial charge is 0.290 e. The van der Waals surface area contributed by atoms with Gasteiger partial charge in [-0.1, -0.05) is 53.7 Å². The van der Waals surface area contributed by atoms with Crippen molar-refractivity contribution in [3.63, 3.8) is 0 Å². The fraction of sp³-hybridized carbons (Fsp3) is 0.0400. The Bertz CT molecular complexity index is 1330. The Balaban J connectivity index is 1.38. The minimum absolute atomic E-state index is 0.157. The van der Waals surface area contributed by atoms with E-state index in [9.17, 15) is 4.79 Å². The van der Waals surface area contributed by atoms with Crippen LogP contribution in [-0.2, 0) is 6.54 Å². The summed E-state index contributed by atoms with van der Waals surface area (Å²) in [6.07, 6.45) is 5.36. The Morgan fingerprint density at radius 3 is 2.38 bits per heavy atom. The normalized spacial score (nSPS) is 10.8. The summed E-state index contributed by atoms with van der Waals surface area (Å²) in [5.74, 6) is -0.183. The van der Waals surface area contributed by atoms with E-state index >= 15 is 0 Å². The van der Waals surface area contributed by atoms with Crippen LogP contribution in [0.5, 0.6) is 0 Å². The number of carbonyl (C=O) groups is 1. The third kappa shape index (κ3) is 4.04. The first-order chi connectivity index (χ1) is 15.8. The first kappa shape index (κ1) is 19.4.